The van der Waals surface area contributed by atoms with E-state index in [1.54, 1.807) is 19.4 Å². The molecule has 0 atom stereocenters. The molecule has 0 spiro atoms. The van der Waals surface area contributed by atoms with E-state index in [9.17, 15) is 4.79 Å². The van der Waals surface area contributed by atoms with Crippen molar-refractivity contribution in [1.29, 1.82) is 0 Å². The second kappa shape index (κ2) is 7.65. The van der Waals surface area contributed by atoms with E-state index in [1.807, 2.05) is 30.3 Å². The van der Waals surface area contributed by atoms with Crippen molar-refractivity contribution in [1.82, 2.24) is 15.3 Å². The molecule has 4 rings (SSSR count). The number of methoxy groups -OCH3 is 1. The Morgan fingerprint density at radius 1 is 1.30 bits per heavy atom. The van der Waals surface area contributed by atoms with Gasteiger partial charge in [0.2, 0.25) is 17.7 Å². The fourth-order valence-electron chi connectivity index (χ4n) is 3.38. The molecule has 140 valence electrons. The van der Waals surface area contributed by atoms with Gasteiger partial charge in [0.25, 0.3) is 0 Å². The van der Waals surface area contributed by atoms with E-state index in [0.717, 1.165) is 42.7 Å². The summed E-state index contributed by atoms with van der Waals surface area (Å²) in [4.78, 5) is 23.3. The molecular formula is C20H22N4O3. The lowest BCUT2D eigenvalue weighted by Crippen LogP contribution is -2.41. The third kappa shape index (κ3) is 3.86. The van der Waals surface area contributed by atoms with Gasteiger partial charge in [0.15, 0.2) is 0 Å². The zero-order valence-corrected chi connectivity index (χ0v) is 15.2. The molecule has 7 nitrogen and oxygen atoms in total. The fraction of sp³-hybridized carbons (Fsp3) is 0.350. The molecular weight excluding hydrogens is 344 g/mol. The molecule has 0 aliphatic carbocycles. The van der Waals surface area contributed by atoms with Crippen LogP contribution in [0.2, 0.25) is 0 Å². The molecule has 1 N–H and O–H groups in total. The summed E-state index contributed by atoms with van der Waals surface area (Å²) in [6.45, 7) is 1.90. The van der Waals surface area contributed by atoms with Crippen LogP contribution in [0.5, 0.6) is 5.88 Å². The van der Waals surface area contributed by atoms with Crippen LogP contribution >= 0.6 is 0 Å². The number of nitrogens with zero attached hydrogens (tertiary/aromatic N) is 3. The Bertz CT molecular complexity index is 899. The average molecular weight is 366 g/mol. The zero-order valence-electron chi connectivity index (χ0n) is 15.2. The van der Waals surface area contributed by atoms with Gasteiger partial charge in [0.05, 0.1) is 13.7 Å². The normalized spacial score (nSPS) is 15.1. The summed E-state index contributed by atoms with van der Waals surface area (Å²) in [7, 11) is 1.59. The monoisotopic (exact) mass is 366 g/mol. The molecule has 0 radical (unpaired) electrons. The lowest BCUT2D eigenvalue weighted by Gasteiger charge is -2.31. The van der Waals surface area contributed by atoms with E-state index in [4.69, 9.17) is 9.15 Å². The first kappa shape index (κ1) is 17.3. The molecule has 7 heteroatoms. The Kier molecular flexibility index (Phi) is 4.91. The van der Waals surface area contributed by atoms with E-state index >= 15 is 0 Å². The van der Waals surface area contributed by atoms with Gasteiger partial charge in [-0.1, -0.05) is 18.2 Å². The van der Waals surface area contributed by atoms with Crippen LogP contribution in [0.25, 0.3) is 11.0 Å². The number of aromatic nitrogens is 2. The molecule has 1 aliphatic heterocycles. The topological polar surface area (TPSA) is 80.5 Å². The first-order chi connectivity index (χ1) is 13.2. The van der Waals surface area contributed by atoms with E-state index in [1.165, 1.54) is 0 Å². The number of carbonyl (C=O) groups excluding carboxylic acids is 1. The largest absolute Gasteiger partial charge is 0.481 e. The van der Waals surface area contributed by atoms with Crippen LogP contribution in [0.15, 0.2) is 47.0 Å². The summed E-state index contributed by atoms with van der Waals surface area (Å²) in [6.07, 6.45) is 3.23. The fourth-order valence-corrected chi connectivity index (χ4v) is 3.38. The standard InChI is InChI=1S/C20H22N4O3/c1-26-18-6-9-21-20(23-18)24-10-7-14(8-11-24)19(25)22-13-16-12-15-4-2-3-5-17(15)27-16/h2-6,9,12,14H,7-8,10-11,13H2,1H3,(H,22,25). The number of furan rings is 1. The molecule has 2 aromatic heterocycles. The highest BCUT2D eigenvalue weighted by Gasteiger charge is 2.26. The van der Waals surface area contributed by atoms with Gasteiger partial charge in [-0.3, -0.25) is 4.79 Å². The number of para-hydroxylation sites is 1. The second-order valence-corrected chi connectivity index (χ2v) is 6.63. The third-order valence-corrected chi connectivity index (χ3v) is 4.89. The lowest BCUT2D eigenvalue weighted by molar-refractivity contribution is -0.125. The van der Waals surface area contributed by atoms with E-state index < -0.39 is 0 Å². The van der Waals surface area contributed by atoms with Gasteiger partial charge in [-0.25, -0.2) is 4.98 Å². The van der Waals surface area contributed by atoms with Crippen molar-refractivity contribution in [3.05, 3.63) is 48.4 Å². The molecule has 1 aliphatic rings. The van der Waals surface area contributed by atoms with Crippen molar-refractivity contribution in [3.8, 4) is 5.88 Å². The van der Waals surface area contributed by atoms with Crippen molar-refractivity contribution in [3.63, 3.8) is 0 Å². The Labute approximate surface area is 157 Å². The first-order valence-electron chi connectivity index (χ1n) is 9.10. The molecule has 27 heavy (non-hydrogen) atoms. The summed E-state index contributed by atoms with van der Waals surface area (Å²) in [6, 6.07) is 11.5. The number of ether oxygens (including phenoxy) is 1. The number of amides is 1. The summed E-state index contributed by atoms with van der Waals surface area (Å²) in [5, 5.41) is 4.05. The summed E-state index contributed by atoms with van der Waals surface area (Å²) >= 11 is 0. The van der Waals surface area contributed by atoms with Crippen LogP contribution in [-0.4, -0.2) is 36.1 Å². The summed E-state index contributed by atoms with van der Waals surface area (Å²) in [5.41, 5.74) is 0.841. The van der Waals surface area contributed by atoms with Crippen LogP contribution in [0.1, 0.15) is 18.6 Å². The number of benzene rings is 1. The van der Waals surface area contributed by atoms with Gasteiger partial charge in [-0.05, 0) is 25.0 Å². The second-order valence-electron chi connectivity index (χ2n) is 6.63. The van der Waals surface area contributed by atoms with Crippen LogP contribution in [0.4, 0.5) is 5.95 Å². The van der Waals surface area contributed by atoms with Crippen LogP contribution in [0, 0.1) is 5.92 Å². The number of anilines is 1. The molecule has 1 fully saturated rings. The van der Waals surface area contributed by atoms with E-state index in [2.05, 4.69) is 20.2 Å². The summed E-state index contributed by atoms with van der Waals surface area (Å²) < 4.78 is 10.9. The Morgan fingerprint density at radius 2 is 2.11 bits per heavy atom. The minimum atomic E-state index is -0.00349. The highest BCUT2D eigenvalue weighted by molar-refractivity contribution is 5.80. The molecule has 1 aromatic carbocycles. The maximum atomic E-state index is 12.5. The number of piperidine rings is 1. The molecule has 1 saturated heterocycles. The van der Waals surface area contributed by atoms with Crippen LogP contribution in [0.3, 0.4) is 0 Å². The maximum Gasteiger partial charge on any atom is 0.228 e. The number of fused-ring (bicyclic) bond motifs is 1. The van der Waals surface area contributed by atoms with Crippen LogP contribution in [-0.2, 0) is 11.3 Å². The molecule has 0 bridgehead atoms. The Balaban J connectivity index is 1.30. The van der Waals surface area contributed by atoms with E-state index in [-0.39, 0.29) is 11.8 Å². The van der Waals surface area contributed by atoms with Gasteiger partial charge in [0, 0.05) is 36.7 Å². The summed E-state index contributed by atoms with van der Waals surface area (Å²) in [5.74, 6) is 2.03. The SMILES string of the molecule is COc1ccnc(N2CCC(C(=O)NCc3cc4ccccc4o3)CC2)n1. The lowest BCUT2D eigenvalue weighted by atomic mass is 9.96. The van der Waals surface area contributed by atoms with Crippen LogP contribution < -0.4 is 15.0 Å². The predicted octanol–water partition coefficient (Wildman–Crippen LogP) is 2.76. The van der Waals surface area contributed by atoms with Gasteiger partial charge in [0.1, 0.15) is 11.3 Å². The minimum Gasteiger partial charge on any atom is -0.481 e. The van der Waals surface area contributed by atoms with Gasteiger partial charge in [-0.2, -0.15) is 4.98 Å². The highest BCUT2D eigenvalue weighted by atomic mass is 16.5. The van der Waals surface area contributed by atoms with Gasteiger partial charge >= 0.3 is 0 Å². The molecule has 1 amide bonds. The van der Waals surface area contributed by atoms with Gasteiger partial charge < -0.3 is 19.4 Å². The average Bonchev–Trinajstić information content (AvgIpc) is 3.15. The van der Waals surface area contributed by atoms with Crippen molar-refractivity contribution in [2.75, 3.05) is 25.1 Å². The highest BCUT2D eigenvalue weighted by Crippen LogP contribution is 2.23. The van der Waals surface area contributed by atoms with Gasteiger partial charge in [-0.15, -0.1) is 0 Å². The predicted molar refractivity (Wildman–Crippen MR) is 102 cm³/mol. The Morgan fingerprint density at radius 3 is 2.89 bits per heavy atom. The number of hydrogen-bond acceptors (Lipinski definition) is 6. The quantitative estimate of drug-likeness (QED) is 0.748. The molecule has 3 heterocycles. The maximum absolute atomic E-state index is 12.5. The third-order valence-electron chi connectivity index (χ3n) is 4.89. The smallest absolute Gasteiger partial charge is 0.228 e. The minimum absolute atomic E-state index is 0.00349. The Hall–Kier alpha value is -3.09. The number of rotatable bonds is 5. The number of nitrogens with one attached hydrogen (secondary N) is 1. The molecule has 0 unspecified atom stereocenters. The molecule has 3 aromatic rings. The molecule has 0 saturated carbocycles. The number of hydrogen-bond donors (Lipinski definition) is 1. The first-order valence-corrected chi connectivity index (χ1v) is 9.10. The van der Waals surface area contributed by atoms with Crippen molar-refractivity contribution >= 4 is 22.8 Å². The van der Waals surface area contributed by atoms with Crippen molar-refractivity contribution in [2.45, 2.75) is 19.4 Å². The van der Waals surface area contributed by atoms with Crippen molar-refractivity contribution in [2.24, 2.45) is 5.92 Å². The zero-order chi connectivity index (χ0) is 18.6. The van der Waals surface area contributed by atoms with Crippen molar-refractivity contribution < 1.29 is 13.9 Å². The van der Waals surface area contributed by atoms with E-state index in [0.29, 0.717) is 18.4 Å². The number of carbonyl (C=O) groups is 1.